The maximum absolute atomic E-state index is 13.4. The molecule has 0 bridgehead atoms. The first-order valence-electron chi connectivity index (χ1n) is 9.97. The summed E-state index contributed by atoms with van der Waals surface area (Å²) in [5.74, 6) is -0.247. The Morgan fingerprint density at radius 2 is 1.57 bits per heavy atom. The monoisotopic (exact) mass is 400 g/mol. The normalized spacial score (nSPS) is 11.2. The second-order valence-corrected chi connectivity index (χ2v) is 6.89. The summed E-state index contributed by atoms with van der Waals surface area (Å²) in [6.07, 6.45) is 3.30. The first-order chi connectivity index (χ1) is 14.5. The predicted molar refractivity (Wildman–Crippen MR) is 121 cm³/mol. The van der Waals surface area contributed by atoms with Crippen molar-refractivity contribution in [1.29, 1.82) is 0 Å². The lowest BCUT2D eigenvalue weighted by Gasteiger charge is -2.16. The van der Waals surface area contributed by atoms with Crippen LogP contribution < -0.4 is 5.32 Å². The molecule has 0 unspecified atom stereocenters. The Balaban J connectivity index is 2.05. The number of nitro groups is 1. The molecule has 3 aromatic rings. The summed E-state index contributed by atoms with van der Waals surface area (Å²) in [7, 11) is 0. The van der Waals surface area contributed by atoms with E-state index in [-0.39, 0.29) is 11.6 Å². The van der Waals surface area contributed by atoms with E-state index in [9.17, 15) is 14.9 Å². The van der Waals surface area contributed by atoms with Gasteiger partial charge in [-0.3, -0.25) is 14.9 Å². The van der Waals surface area contributed by atoms with Gasteiger partial charge in [0.2, 0.25) is 0 Å². The first-order valence-corrected chi connectivity index (χ1v) is 9.97. The largest absolute Gasteiger partial charge is 0.321 e. The number of hydrogen-bond donors (Lipinski definition) is 1. The number of carbonyl (C=O) groups excluding carboxylic acids is 1. The van der Waals surface area contributed by atoms with Crippen LogP contribution in [0.2, 0.25) is 0 Å². The van der Waals surface area contributed by atoms with E-state index in [1.165, 1.54) is 12.1 Å². The summed E-state index contributed by atoms with van der Waals surface area (Å²) in [6, 6.07) is 21.6. The number of nitro benzene ring substituents is 1. The molecule has 0 fully saturated rings. The molecule has 0 spiro atoms. The smallest absolute Gasteiger partial charge is 0.270 e. The Morgan fingerprint density at radius 3 is 2.17 bits per heavy atom. The van der Waals surface area contributed by atoms with Gasteiger partial charge < -0.3 is 5.32 Å². The molecule has 0 saturated heterocycles. The van der Waals surface area contributed by atoms with Crippen molar-refractivity contribution in [3.05, 3.63) is 105 Å². The fourth-order valence-electron chi connectivity index (χ4n) is 3.38. The summed E-state index contributed by atoms with van der Waals surface area (Å²) in [6.45, 7) is 4.11. The minimum atomic E-state index is -0.440. The number of benzene rings is 3. The average Bonchev–Trinajstić information content (AvgIpc) is 2.78. The van der Waals surface area contributed by atoms with E-state index in [0.717, 1.165) is 35.2 Å². The van der Waals surface area contributed by atoms with Gasteiger partial charge in [0.25, 0.3) is 11.6 Å². The van der Waals surface area contributed by atoms with Gasteiger partial charge >= 0.3 is 0 Å². The van der Waals surface area contributed by atoms with Crippen LogP contribution in [0.1, 0.15) is 36.1 Å². The molecule has 30 heavy (non-hydrogen) atoms. The summed E-state index contributed by atoms with van der Waals surface area (Å²) in [5.41, 5.74) is 4.76. The van der Waals surface area contributed by atoms with Crippen molar-refractivity contribution >= 4 is 28.9 Å². The molecule has 0 aromatic heterocycles. The maximum atomic E-state index is 13.4. The second kappa shape index (κ2) is 9.65. The van der Waals surface area contributed by atoms with E-state index in [1.807, 2.05) is 48.5 Å². The number of carbonyl (C=O) groups is 1. The van der Waals surface area contributed by atoms with Crippen LogP contribution in [0.3, 0.4) is 0 Å². The summed E-state index contributed by atoms with van der Waals surface area (Å²) in [5, 5.41) is 14.2. The van der Waals surface area contributed by atoms with Crippen LogP contribution in [0.25, 0.3) is 11.6 Å². The van der Waals surface area contributed by atoms with Crippen molar-refractivity contribution < 1.29 is 9.72 Å². The van der Waals surface area contributed by atoms with Crippen LogP contribution in [0.5, 0.6) is 0 Å². The molecule has 5 heteroatoms. The zero-order chi connectivity index (χ0) is 21.5. The SMILES string of the molecule is CCc1cccc(CC)c1NC(=O)/C(=C/c1cccc([N+](=O)[O-])c1)c1ccccc1. The molecule has 0 saturated carbocycles. The van der Waals surface area contributed by atoms with Crippen molar-refractivity contribution in [3.8, 4) is 0 Å². The molecule has 0 aliphatic carbocycles. The molecule has 0 aliphatic rings. The Morgan fingerprint density at radius 1 is 0.933 bits per heavy atom. The highest BCUT2D eigenvalue weighted by molar-refractivity contribution is 6.29. The molecular weight excluding hydrogens is 376 g/mol. The van der Waals surface area contributed by atoms with Crippen molar-refractivity contribution in [2.75, 3.05) is 5.32 Å². The van der Waals surface area contributed by atoms with Gasteiger partial charge in [-0.15, -0.1) is 0 Å². The quantitative estimate of drug-likeness (QED) is 0.232. The summed E-state index contributed by atoms with van der Waals surface area (Å²) in [4.78, 5) is 24.1. The van der Waals surface area contributed by atoms with E-state index < -0.39 is 4.92 Å². The van der Waals surface area contributed by atoms with Crippen LogP contribution in [0.15, 0.2) is 72.8 Å². The number of amides is 1. The first kappa shape index (κ1) is 21.0. The molecule has 0 radical (unpaired) electrons. The Labute approximate surface area is 176 Å². The van der Waals surface area contributed by atoms with Crippen LogP contribution in [0.4, 0.5) is 11.4 Å². The Kier molecular flexibility index (Phi) is 6.75. The summed E-state index contributed by atoms with van der Waals surface area (Å²) >= 11 is 0. The number of aryl methyl sites for hydroxylation is 2. The fourth-order valence-corrected chi connectivity index (χ4v) is 3.38. The number of anilines is 1. The predicted octanol–water partition coefficient (Wildman–Crippen LogP) is 5.90. The standard InChI is InChI=1S/C25H24N2O3/c1-3-19-13-9-14-20(4-2)24(19)26-25(28)23(21-11-6-5-7-12-21)17-18-10-8-15-22(16-18)27(29)30/h5-17H,3-4H2,1-2H3,(H,26,28)/b23-17+. The van der Waals surface area contributed by atoms with E-state index in [4.69, 9.17) is 0 Å². The molecule has 0 heterocycles. The number of hydrogen-bond acceptors (Lipinski definition) is 3. The highest BCUT2D eigenvalue weighted by Crippen LogP contribution is 2.26. The Bertz CT molecular complexity index is 1070. The molecule has 1 amide bonds. The number of nitrogens with zero attached hydrogens (tertiary/aromatic N) is 1. The number of rotatable bonds is 7. The van der Waals surface area contributed by atoms with Crippen LogP contribution in [-0.2, 0) is 17.6 Å². The average molecular weight is 400 g/mol. The third kappa shape index (κ3) is 4.81. The highest BCUT2D eigenvalue weighted by Gasteiger charge is 2.16. The summed E-state index contributed by atoms with van der Waals surface area (Å²) < 4.78 is 0. The van der Waals surface area contributed by atoms with Crippen molar-refractivity contribution in [2.45, 2.75) is 26.7 Å². The highest BCUT2D eigenvalue weighted by atomic mass is 16.6. The lowest BCUT2D eigenvalue weighted by atomic mass is 9.99. The van der Waals surface area contributed by atoms with Gasteiger partial charge in [-0.05, 0) is 41.2 Å². The molecule has 0 aliphatic heterocycles. The van der Waals surface area contributed by atoms with Crippen molar-refractivity contribution in [1.82, 2.24) is 0 Å². The van der Waals surface area contributed by atoms with Gasteiger partial charge in [-0.2, -0.15) is 0 Å². The van der Waals surface area contributed by atoms with Crippen LogP contribution >= 0.6 is 0 Å². The zero-order valence-electron chi connectivity index (χ0n) is 17.1. The second-order valence-electron chi connectivity index (χ2n) is 6.89. The van der Waals surface area contributed by atoms with Crippen LogP contribution in [0, 0.1) is 10.1 Å². The van der Waals surface area contributed by atoms with Gasteiger partial charge in [0, 0.05) is 23.4 Å². The maximum Gasteiger partial charge on any atom is 0.270 e. The van der Waals surface area contributed by atoms with Gasteiger partial charge in [-0.1, -0.05) is 74.5 Å². The molecule has 3 aromatic carbocycles. The van der Waals surface area contributed by atoms with Gasteiger partial charge in [-0.25, -0.2) is 0 Å². The van der Waals surface area contributed by atoms with Crippen LogP contribution in [-0.4, -0.2) is 10.8 Å². The van der Waals surface area contributed by atoms with Gasteiger partial charge in [0.05, 0.1) is 4.92 Å². The number of para-hydroxylation sites is 1. The molecule has 5 nitrogen and oxygen atoms in total. The Hall–Kier alpha value is -3.73. The number of non-ortho nitro benzene ring substituents is 1. The van der Waals surface area contributed by atoms with E-state index in [0.29, 0.717) is 11.1 Å². The molecule has 152 valence electrons. The van der Waals surface area contributed by atoms with Gasteiger partial charge in [0.1, 0.15) is 0 Å². The van der Waals surface area contributed by atoms with Crippen molar-refractivity contribution in [2.24, 2.45) is 0 Å². The lowest BCUT2D eigenvalue weighted by Crippen LogP contribution is -2.16. The third-order valence-electron chi connectivity index (χ3n) is 4.96. The van der Waals surface area contributed by atoms with E-state index >= 15 is 0 Å². The molecule has 0 atom stereocenters. The molecule has 1 N–H and O–H groups in total. The van der Waals surface area contributed by atoms with Crippen molar-refractivity contribution in [3.63, 3.8) is 0 Å². The minimum Gasteiger partial charge on any atom is -0.321 e. The van der Waals surface area contributed by atoms with E-state index in [2.05, 4.69) is 19.2 Å². The molecular formula is C25H24N2O3. The molecule has 3 rings (SSSR count). The third-order valence-corrected chi connectivity index (χ3v) is 4.96. The lowest BCUT2D eigenvalue weighted by molar-refractivity contribution is -0.384. The topological polar surface area (TPSA) is 72.2 Å². The minimum absolute atomic E-state index is 0.0128. The number of nitrogens with one attached hydrogen (secondary N) is 1. The zero-order valence-corrected chi connectivity index (χ0v) is 17.1. The van der Waals surface area contributed by atoms with Gasteiger partial charge in [0.15, 0.2) is 0 Å². The van der Waals surface area contributed by atoms with E-state index in [1.54, 1.807) is 18.2 Å². The fraction of sp³-hybridized carbons (Fsp3) is 0.160.